The first-order valence-electron chi connectivity index (χ1n) is 6.70. The zero-order chi connectivity index (χ0) is 13.1. The topological polar surface area (TPSA) is 32.3 Å². The van der Waals surface area contributed by atoms with E-state index in [-0.39, 0.29) is 5.91 Å². The third kappa shape index (κ3) is 3.03. The molecular formula is C15H22N2O. The minimum atomic E-state index is 0.0538. The fourth-order valence-corrected chi connectivity index (χ4v) is 2.27. The Labute approximate surface area is 109 Å². The van der Waals surface area contributed by atoms with E-state index in [0.717, 1.165) is 23.6 Å². The van der Waals surface area contributed by atoms with Gasteiger partial charge in [0.05, 0.1) is 0 Å². The van der Waals surface area contributed by atoms with Crippen LogP contribution in [0.1, 0.15) is 36.5 Å². The lowest BCUT2D eigenvalue weighted by Crippen LogP contribution is -2.23. The molecule has 1 aromatic rings. The van der Waals surface area contributed by atoms with Crippen LogP contribution < -0.4 is 5.32 Å². The van der Waals surface area contributed by atoms with Crippen LogP contribution in [0.15, 0.2) is 24.3 Å². The van der Waals surface area contributed by atoms with E-state index in [4.69, 9.17) is 0 Å². The number of benzene rings is 1. The van der Waals surface area contributed by atoms with Gasteiger partial charge in [-0.1, -0.05) is 13.0 Å². The highest BCUT2D eigenvalue weighted by molar-refractivity contribution is 5.94. The highest BCUT2D eigenvalue weighted by atomic mass is 16.2. The number of hydrogen-bond acceptors (Lipinski definition) is 2. The van der Waals surface area contributed by atoms with Crippen LogP contribution in [-0.2, 0) is 0 Å². The molecule has 1 aliphatic carbocycles. The van der Waals surface area contributed by atoms with Gasteiger partial charge in [0.25, 0.3) is 5.91 Å². The second kappa shape index (κ2) is 5.42. The lowest BCUT2D eigenvalue weighted by atomic mass is 10.1. The summed E-state index contributed by atoms with van der Waals surface area (Å²) in [7, 11) is 3.56. The Kier molecular flexibility index (Phi) is 3.90. The number of amides is 1. The Hall–Kier alpha value is -1.51. The second-order valence-corrected chi connectivity index (χ2v) is 5.28. The van der Waals surface area contributed by atoms with E-state index in [1.807, 2.05) is 24.3 Å². The van der Waals surface area contributed by atoms with Crippen LogP contribution in [0.5, 0.6) is 0 Å². The first-order chi connectivity index (χ1) is 8.61. The number of rotatable bonds is 5. The van der Waals surface area contributed by atoms with Crippen molar-refractivity contribution in [1.29, 1.82) is 0 Å². The molecule has 0 radical (unpaired) electrons. The minimum Gasteiger partial charge on any atom is -0.382 e. The predicted molar refractivity (Wildman–Crippen MR) is 74.9 cm³/mol. The summed E-state index contributed by atoms with van der Waals surface area (Å²) in [5.74, 6) is 0.876. The fraction of sp³-hybridized carbons (Fsp3) is 0.533. The van der Waals surface area contributed by atoms with Crippen molar-refractivity contribution in [3.05, 3.63) is 29.8 Å². The maximum atomic E-state index is 11.9. The molecule has 1 saturated carbocycles. The number of anilines is 1. The zero-order valence-electron chi connectivity index (χ0n) is 11.4. The second-order valence-electron chi connectivity index (χ2n) is 5.28. The summed E-state index contributed by atoms with van der Waals surface area (Å²) in [4.78, 5) is 13.5. The Morgan fingerprint density at radius 2 is 2.17 bits per heavy atom. The summed E-state index contributed by atoms with van der Waals surface area (Å²) in [5, 5.41) is 3.55. The van der Waals surface area contributed by atoms with E-state index in [2.05, 4.69) is 12.2 Å². The highest BCUT2D eigenvalue weighted by Crippen LogP contribution is 2.35. The van der Waals surface area contributed by atoms with E-state index in [1.165, 1.54) is 12.8 Å². The Morgan fingerprint density at radius 1 is 1.44 bits per heavy atom. The molecule has 1 amide bonds. The molecule has 0 spiro atoms. The average molecular weight is 246 g/mol. The largest absolute Gasteiger partial charge is 0.382 e. The molecule has 0 aliphatic heterocycles. The van der Waals surface area contributed by atoms with Crippen LogP contribution in [0, 0.1) is 5.92 Å². The molecule has 1 aliphatic rings. The number of carbonyl (C=O) groups is 1. The van der Waals surface area contributed by atoms with Crippen molar-refractivity contribution >= 4 is 11.6 Å². The Morgan fingerprint density at radius 3 is 2.72 bits per heavy atom. The summed E-state index contributed by atoms with van der Waals surface area (Å²) in [6, 6.07) is 8.35. The molecular weight excluding hydrogens is 224 g/mol. The lowest BCUT2D eigenvalue weighted by Gasteiger charge is -2.18. The van der Waals surface area contributed by atoms with Crippen molar-refractivity contribution < 1.29 is 4.79 Å². The molecule has 2 rings (SSSR count). The van der Waals surface area contributed by atoms with Crippen LogP contribution in [0.3, 0.4) is 0 Å². The predicted octanol–water partition coefficient (Wildman–Crippen LogP) is 2.99. The summed E-state index contributed by atoms with van der Waals surface area (Å²) in [6.07, 6.45) is 3.81. The molecule has 0 heterocycles. The molecule has 0 bridgehead atoms. The van der Waals surface area contributed by atoms with Crippen LogP contribution in [0.4, 0.5) is 5.69 Å². The average Bonchev–Trinajstić information content (AvgIpc) is 3.19. The number of nitrogens with one attached hydrogen (secondary N) is 1. The smallest absolute Gasteiger partial charge is 0.253 e. The van der Waals surface area contributed by atoms with Crippen molar-refractivity contribution in [2.45, 2.75) is 32.2 Å². The maximum Gasteiger partial charge on any atom is 0.253 e. The van der Waals surface area contributed by atoms with Crippen LogP contribution >= 0.6 is 0 Å². The summed E-state index contributed by atoms with van der Waals surface area (Å²) in [5.41, 5.74) is 1.80. The van der Waals surface area contributed by atoms with Gasteiger partial charge in [-0.2, -0.15) is 0 Å². The van der Waals surface area contributed by atoms with Gasteiger partial charge in [0, 0.05) is 31.4 Å². The van der Waals surface area contributed by atoms with Crippen molar-refractivity contribution in [1.82, 2.24) is 4.90 Å². The first kappa shape index (κ1) is 12.9. The van der Waals surface area contributed by atoms with Crippen LogP contribution in [0.25, 0.3) is 0 Å². The van der Waals surface area contributed by atoms with Crippen molar-refractivity contribution in [2.24, 2.45) is 5.92 Å². The minimum absolute atomic E-state index is 0.0538. The van der Waals surface area contributed by atoms with Gasteiger partial charge in [-0.05, 0) is 43.4 Å². The van der Waals surface area contributed by atoms with Gasteiger partial charge in [0.15, 0.2) is 0 Å². The lowest BCUT2D eigenvalue weighted by molar-refractivity contribution is 0.0827. The van der Waals surface area contributed by atoms with E-state index in [1.54, 1.807) is 19.0 Å². The SMILES string of the molecule is CCC(Nc1cccc(C(=O)N(C)C)c1)C1CC1. The van der Waals surface area contributed by atoms with Gasteiger partial charge in [0.2, 0.25) is 0 Å². The zero-order valence-corrected chi connectivity index (χ0v) is 11.4. The molecule has 1 unspecified atom stereocenters. The first-order valence-corrected chi connectivity index (χ1v) is 6.70. The van der Waals surface area contributed by atoms with Gasteiger partial charge in [0.1, 0.15) is 0 Å². The van der Waals surface area contributed by atoms with Gasteiger partial charge < -0.3 is 10.2 Å². The molecule has 1 N–H and O–H groups in total. The van der Waals surface area contributed by atoms with Gasteiger partial charge in [-0.25, -0.2) is 0 Å². The summed E-state index contributed by atoms with van der Waals surface area (Å²) < 4.78 is 0. The quantitative estimate of drug-likeness (QED) is 0.866. The highest BCUT2D eigenvalue weighted by Gasteiger charge is 2.29. The Balaban J connectivity index is 2.09. The van der Waals surface area contributed by atoms with Gasteiger partial charge in [-0.3, -0.25) is 4.79 Å². The van der Waals surface area contributed by atoms with E-state index < -0.39 is 0 Å². The molecule has 0 saturated heterocycles. The molecule has 0 aromatic heterocycles. The van der Waals surface area contributed by atoms with E-state index >= 15 is 0 Å². The fourth-order valence-electron chi connectivity index (χ4n) is 2.27. The third-order valence-electron chi connectivity index (χ3n) is 3.50. The Bertz CT molecular complexity index is 424. The van der Waals surface area contributed by atoms with Crippen LogP contribution in [-0.4, -0.2) is 30.9 Å². The standard InChI is InChI=1S/C15H22N2O/c1-4-14(11-8-9-11)16-13-7-5-6-12(10-13)15(18)17(2)3/h5-7,10-11,14,16H,4,8-9H2,1-3H3. The van der Waals surface area contributed by atoms with E-state index in [9.17, 15) is 4.79 Å². The molecule has 1 aromatic carbocycles. The number of carbonyl (C=O) groups excluding carboxylic acids is 1. The van der Waals surface area contributed by atoms with Crippen molar-refractivity contribution in [3.8, 4) is 0 Å². The van der Waals surface area contributed by atoms with E-state index in [0.29, 0.717) is 6.04 Å². The molecule has 3 heteroatoms. The number of nitrogens with zero attached hydrogens (tertiary/aromatic N) is 1. The third-order valence-corrected chi connectivity index (χ3v) is 3.50. The summed E-state index contributed by atoms with van der Waals surface area (Å²) in [6.45, 7) is 2.21. The molecule has 18 heavy (non-hydrogen) atoms. The van der Waals surface area contributed by atoms with Crippen molar-refractivity contribution in [2.75, 3.05) is 19.4 Å². The summed E-state index contributed by atoms with van der Waals surface area (Å²) >= 11 is 0. The molecule has 1 fully saturated rings. The number of hydrogen-bond donors (Lipinski definition) is 1. The molecule has 98 valence electrons. The van der Waals surface area contributed by atoms with Gasteiger partial charge >= 0.3 is 0 Å². The molecule has 1 atom stereocenters. The molecule has 3 nitrogen and oxygen atoms in total. The van der Waals surface area contributed by atoms with Crippen molar-refractivity contribution in [3.63, 3.8) is 0 Å². The normalized spacial score (nSPS) is 16.2. The van der Waals surface area contributed by atoms with Crippen LogP contribution in [0.2, 0.25) is 0 Å². The van der Waals surface area contributed by atoms with Gasteiger partial charge in [-0.15, -0.1) is 0 Å². The maximum absolute atomic E-state index is 11.9. The monoisotopic (exact) mass is 246 g/mol.